The molecule has 2 aromatic carbocycles. The zero-order valence-corrected chi connectivity index (χ0v) is 11.2. The van der Waals surface area contributed by atoms with E-state index in [0.29, 0.717) is 5.02 Å². The minimum absolute atomic E-state index is 0.142. The van der Waals surface area contributed by atoms with Crippen LogP contribution >= 0.6 is 11.6 Å². The van der Waals surface area contributed by atoms with Gasteiger partial charge in [0.25, 0.3) is 0 Å². The van der Waals surface area contributed by atoms with Crippen molar-refractivity contribution < 1.29 is 9.18 Å². The largest absolute Gasteiger partial charge is 0.326 e. The van der Waals surface area contributed by atoms with Crippen LogP contribution in [0.5, 0.6) is 0 Å². The molecule has 19 heavy (non-hydrogen) atoms. The Hall–Kier alpha value is -1.87. The Balaban J connectivity index is 2.03. The summed E-state index contributed by atoms with van der Waals surface area (Å²) in [5.41, 5.74) is 2.40. The van der Waals surface area contributed by atoms with Crippen LogP contribution in [0.25, 0.3) is 0 Å². The molecule has 0 saturated heterocycles. The highest BCUT2D eigenvalue weighted by Crippen LogP contribution is 2.19. The third kappa shape index (κ3) is 3.80. The second-order valence-electron chi connectivity index (χ2n) is 4.31. The summed E-state index contributed by atoms with van der Waals surface area (Å²) in [5, 5.41) is 3.44. The second-order valence-corrected chi connectivity index (χ2v) is 4.75. The molecule has 0 aromatic heterocycles. The summed E-state index contributed by atoms with van der Waals surface area (Å²) in [5.74, 6) is -0.449. The summed E-state index contributed by atoms with van der Waals surface area (Å²) in [7, 11) is 0. The van der Waals surface area contributed by atoms with Gasteiger partial charge in [-0.25, -0.2) is 4.39 Å². The van der Waals surface area contributed by atoms with Gasteiger partial charge in [0.1, 0.15) is 5.82 Å². The Labute approximate surface area is 116 Å². The number of benzene rings is 2. The van der Waals surface area contributed by atoms with Crippen LogP contribution in [0.3, 0.4) is 0 Å². The Morgan fingerprint density at radius 2 is 1.89 bits per heavy atom. The van der Waals surface area contributed by atoms with Crippen molar-refractivity contribution in [3.05, 3.63) is 64.4 Å². The molecular formula is C15H13ClFNO. The van der Waals surface area contributed by atoms with Crippen molar-refractivity contribution in [1.29, 1.82) is 0 Å². The SMILES string of the molecule is Cc1cc(Cl)ccc1NC(=O)Cc1ccc(F)cc1. The van der Waals surface area contributed by atoms with E-state index in [1.807, 2.05) is 6.92 Å². The highest BCUT2D eigenvalue weighted by Gasteiger charge is 2.06. The van der Waals surface area contributed by atoms with Gasteiger partial charge in [-0.15, -0.1) is 0 Å². The summed E-state index contributed by atoms with van der Waals surface area (Å²) in [4.78, 5) is 11.9. The molecule has 1 amide bonds. The van der Waals surface area contributed by atoms with Crippen molar-refractivity contribution in [2.45, 2.75) is 13.3 Å². The minimum Gasteiger partial charge on any atom is -0.326 e. The third-order valence-electron chi connectivity index (χ3n) is 2.74. The number of amides is 1. The van der Waals surface area contributed by atoms with Crippen molar-refractivity contribution in [3.63, 3.8) is 0 Å². The molecule has 0 fully saturated rings. The Bertz CT molecular complexity index is 596. The lowest BCUT2D eigenvalue weighted by Gasteiger charge is -2.08. The van der Waals surface area contributed by atoms with Gasteiger partial charge in [0.2, 0.25) is 5.91 Å². The van der Waals surface area contributed by atoms with Gasteiger partial charge in [0, 0.05) is 10.7 Å². The first-order valence-electron chi connectivity index (χ1n) is 5.85. The quantitative estimate of drug-likeness (QED) is 0.904. The van der Waals surface area contributed by atoms with E-state index in [1.54, 1.807) is 30.3 Å². The highest BCUT2D eigenvalue weighted by molar-refractivity contribution is 6.30. The summed E-state index contributed by atoms with van der Waals surface area (Å²) in [6, 6.07) is 11.2. The summed E-state index contributed by atoms with van der Waals surface area (Å²) < 4.78 is 12.7. The van der Waals surface area contributed by atoms with Crippen LogP contribution in [0, 0.1) is 12.7 Å². The van der Waals surface area contributed by atoms with Crippen LogP contribution < -0.4 is 5.32 Å². The summed E-state index contributed by atoms with van der Waals surface area (Å²) >= 11 is 5.85. The zero-order valence-electron chi connectivity index (χ0n) is 10.4. The highest BCUT2D eigenvalue weighted by atomic mass is 35.5. The lowest BCUT2D eigenvalue weighted by molar-refractivity contribution is -0.115. The normalized spacial score (nSPS) is 10.3. The van der Waals surface area contributed by atoms with E-state index in [4.69, 9.17) is 11.6 Å². The average molecular weight is 278 g/mol. The van der Waals surface area contributed by atoms with E-state index < -0.39 is 0 Å². The Morgan fingerprint density at radius 1 is 1.21 bits per heavy atom. The number of aryl methyl sites for hydroxylation is 1. The summed E-state index contributed by atoms with van der Waals surface area (Å²) in [6.45, 7) is 1.87. The Morgan fingerprint density at radius 3 is 2.53 bits per heavy atom. The lowest BCUT2D eigenvalue weighted by atomic mass is 10.1. The molecule has 2 nitrogen and oxygen atoms in total. The lowest BCUT2D eigenvalue weighted by Crippen LogP contribution is -2.15. The van der Waals surface area contributed by atoms with Crippen molar-refractivity contribution in [1.82, 2.24) is 0 Å². The standard InChI is InChI=1S/C15H13ClFNO/c1-10-8-12(16)4-7-14(10)18-15(19)9-11-2-5-13(17)6-3-11/h2-8H,9H2,1H3,(H,18,19). The number of nitrogens with one attached hydrogen (secondary N) is 1. The molecule has 0 bridgehead atoms. The van der Waals surface area contributed by atoms with Crippen LogP contribution in [-0.4, -0.2) is 5.91 Å². The van der Waals surface area contributed by atoms with Crippen molar-refractivity contribution in [2.24, 2.45) is 0 Å². The molecule has 0 aliphatic carbocycles. The van der Waals surface area contributed by atoms with E-state index in [2.05, 4.69) is 5.32 Å². The van der Waals surface area contributed by atoms with Crippen molar-refractivity contribution >= 4 is 23.2 Å². The predicted molar refractivity (Wildman–Crippen MR) is 74.9 cm³/mol. The van der Waals surface area contributed by atoms with Gasteiger partial charge in [0.15, 0.2) is 0 Å². The molecule has 0 saturated carbocycles. The van der Waals surface area contributed by atoms with E-state index in [0.717, 1.165) is 16.8 Å². The maximum Gasteiger partial charge on any atom is 0.228 e. The minimum atomic E-state index is -0.308. The molecule has 0 aliphatic heterocycles. The molecule has 1 N–H and O–H groups in total. The van der Waals surface area contributed by atoms with Gasteiger partial charge in [0.05, 0.1) is 6.42 Å². The second kappa shape index (κ2) is 5.85. The fourth-order valence-corrected chi connectivity index (χ4v) is 1.98. The first-order chi connectivity index (χ1) is 9.04. The van der Waals surface area contributed by atoms with Crippen LogP contribution in [0.4, 0.5) is 10.1 Å². The molecule has 0 atom stereocenters. The molecular weight excluding hydrogens is 265 g/mol. The molecule has 0 unspecified atom stereocenters. The van der Waals surface area contributed by atoms with Gasteiger partial charge in [-0.05, 0) is 48.4 Å². The fraction of sp³-hybridized carbons (Fsp3) is 0.133. The van der Waals surface area contributed by atoms with E-state index in [-0.39, 0.29) is 18.1 Å². The number of anilines is 1. The molecule has 0 radical (unpaired) electrons. The number of hydrogen-bond donors (Lipinski definition) is 1. The van der Waals surface area contributed by atoms with Gasteiger partial charge in [-0.3, -0.25) is 4.79 Å². The van der Waals surface area contributed by atoms with Crippen molar-refractivity contribution in [3.8, 4) is 0 Å². The van der Waals surface area contributed by atoms with Crippen molar-refractivity contribution in [2.75, 3.05) is 5.32 Å². The topological polar surface area (TPSA) is 29.1 Å². The number of carbonyl (C=O) groups is 1. The first-order valence-corrected chi connectivity index (χ1v) is 6.23. The third-order valence-corrected chi connectivity index (χ3v) is 2.98. The van der Waals surface area contributed by atoms with Gasteiger partial charge < -0.3 is 5.32 Å². The van der Waals surface area contributed by atoms with Gasteiger partial charge >= 0.3 is 0 Å². The molecule has 2 rings (SSSR count). The fourth-order valence-electron chi connectivity index (χ4n) is 1.75. The number of hydrogen-bond acceptors (Lipinski definition) is 1. The smallest absolute Gasteiger partial charge is 0.228 e. The van der Waals surface area contributed by atoms with Crippen LogP contribution in [0.1, 0.15) is 11.1 Å². The Kier molecular flexibility index (Phi) is 4.17. The average Bonchev–Trinajstić information content (AvgIpc) is 2.36. The molecule has 2 aromatic rings. The molecule has 98 valence electrons. The summed E-state index contributed by atoms with van der Waals surface area (Å²) in [6.07, 6.45) is 0.211. The molecule has 0 spiro atoms. The molecule has 0 aliphatic rings. The maximum absolute atomic E-state index is 12.7. The maximum atomic E-state index is 12.7. The predicted octanol–water partition coefficient (Wildman–Crippen LogP) is 3.97. The monoisotopic (exact) mass is 277 g/mol. The van der Waals surface area contributed by atoms with Crippen LogP contribution in [-0.2, 0) is 11.2 Å². The molecule has 0 heterocycles. The number of halogens is 2. The van der Waals surface area contributed by atoms with Gasteiger partial charge in [-0.2, -0.15) is 0 Å². The van der Waals surface area contributed by atoms with E-state index in [1.165, 1.54) is 12.1 Å². The van der Waals surface area contributed by atoms with Crippen LogP contribution in [0.15, 0.2) is 42.5 Å². The molecule has 4 heteroatoms. The van der Waals surface area contributed by atoms with E-state index in [9.17, 15) is 9.18 Å². The number of carbonyl (C=O) groups excluding carboxylic acids is 1. The zero-order chi connectivity index (χ0) is 13.8. The van der Waals surface area contributed by atoms with Crippen LogP contribution in [0.2, 0.25) is 5.02 Å². The van der Waals surface area contributed by atoms with Gasteiger partial charge in [-0.1, -0.05) is 23.7 Å². The van der Waals surface area contributed by atoms with E-state index >= 15 is 0 Å². The first kappa shape index (κ1) is 13.6. The number of rotatable bonds is 3.